The van der Waals surface area contributed by atoms with Crippen molar-refractivity contribution in [1.29, 1.82) is 0 Å². The van der Waals surface area contributed by atoms with Crippen molar-refractivity contribution in [2.45, 2.75) is 66.6 Å². The normalized spacial score (nSPS) is 16.2. The Kier molecular flexibility index (Phi) is 4.87. The molecule has 0 heterocycles. The number of rotatable bonds is 3. The van der Waals surface area contributed by atoms with Crippen LogP contribution in [0.5, 0.6) is 0 Å². The number of hydrogen-bond donors (Lipinski definition) is 0. The van der Waals surface area contributed by atoms with E-state index >= 15 is 0 Å². The molecule has 0 saturated heterocycles. The first-order valence-corrected chi connectivity index (χ1v) is 5.46. The van der Waals surface area contributed by atoms with Crippen molar-refractivity contribution in [3.05, 3.63) is 12.2 Å². The molecule has 0 spiro atoms. The summed E-state index contributed by atoms with van der Waals surface area (Å²) in [5.74, 6) is 0. The van der Waals surface area contributed by atoms with Gasteiger partial charge in [-0.25, -0.2) is 0 Å². The molecule has 0 aromatic carbocycles. The molecule has 0 amide bonds. The van der Waals surface area contributed by atoms with E-state index in [0.29, 0.717) is 6.10 Å². The van der Waals surface area contributed by atoms with Crippen molar-refractivity contribution in [1.82, 2.24) is 0 Å². The van der Waals surface area contributed by atoms with Gasteiger partial charge in [-0.05, 0) is 39.5 Å². The summed E-state index contributed by atoms with van der Waals surface area (Å²) in [6.45, 7) is 15.0. The van der Waals surface area contributed by atoms with Crippen molar-refractivity contribution in [2.75, 3.05) is 0 Å². The van der Waals surface area contributed by atoms with Gasteiger partial charge in [-0.3, -0.25) is 0 Å². The van der Waals surface area contributed by atoms with Crippen molar-refractivity contribution in [2.24, 2.45) is 5.41 Å². The van der Waals surface area contributed by atoms with Crippen LogP contribution in [-0.2, 0) is 4.74 Å². The van der Waals surface area contributed by atoms with Crippen molar-refractivity contribution >= 4 is 0 Å². The van der Waals surface area contributed by atoms with Gasteiger partial charge in [-0.2, -0.15) is 0 Å². The lowest BCUT2D eigenvalue weighted by Gasteiger charge is -2.24. The Bertz CT molecular complexity index is 178. The van der Waals surface area contributed by atoms with Gasteiger partial charge >= 0.3 is 0 Å². The summed E-state index contributed by atoms with van der Waals surface area (Å²) in [6, 6.07) is 0. The predicted molar refractivity (Wildman–Crippen MR) is 63.5 cm³/mol. The van der Waals surface area contributed by atoms with Gasteiger partial charge in [0.2, 0.25) is 0 Å². The Morgan fingerprint density at radius 3 is 1.93 bits per heavy atom. The van der Waals surface area contributed by atoms with E-state index in [4.69, 9.17) is 4.74 Å². The maximum atomic E-state index is 5.80. The average Bonchev–Trinajstić information content (AvgIpc) is 1.78. The maximum absolute atomic E-state index is 5.80. The van der Waals surface area contributed by atoms with Crippen molar-refractivity contribution in [3.63, 3.8) is 0 Å². The highest BCUT2D eigenvalue weighted by Crippen LogP contribution is 2.17. The Morgan fingerprint density at radius 1 is 1.07 bits per heavy atom. The monoisotopic (exact) mass is 198 g/mol. The van der Waals surface area contributed by atoms with Gasteiger partial charge in [-0.1, -0.05) is 32.9 Å². The molecule has 0 saturated carbocycles. The minimum Gasteiger partial charge on any atom is -0.373 e. The molecule has 0 aromatic heterocycles. The van der Waals surface area contributed by atoms with Crippen LogP contribution in [0.1, 0.15) is 54.9 Å². The minimum absolute atomic E-state index is 0.0327. The van der Waals surface area contributed by atoms with Crippen LogP contribution in [0.25, 0.3) is 0 Å². The summed E-state index contributed by atoms with van der Waals surface area (Å²) in [4.78, 5) is 0. The molecule has 0 aliphatic carbocycles. The van der Waals surface area contributed by atoms with Gasteiger partial charge in [0.15, 0.2) is 0 Å². The summed E-state index contributed by atoms with van der Waals surface area (Å²) in [5.41, 5.74) is 0.246. The standard InChI is InChI=1S/C13H26O/c1-11(14-13(5,6)7)9-8-10-12(2,3)4/h8,10-11H,9H2,1-7H3/t11-/m1/s1. The zero-order valence-electron chi connectivity index (χ0n) is 10.8. The first-order chi connectivity index (χ1) is 6.10. The third-order valence-electron chi connectivity index (χ3n) is 1.64. The fraction of sp³-hybridized carbons (Fsp3) is 0.846. The third kappa shape index (κ3) is 9.79. The average molecular weight is 198 g/mol. The smallest absolute Gasteiger partial charge is 0.0602 e. The second kappa shape index (κ2) is 4.97. The van der Waals surface area contributed by atoms with Crippen LogP contribution < -0.4 is 0 Å². The molecule has 0 fully saturated rings. The van der Waals surface area contributed by atoms with E-state index in [9.17, 15) is 0 Å². The highest BCUT2D eigenvalue weighted by atomic mass is 16.5. The van der Waals surface area contributed by atoms with Crippen LogP contribution in [-0.4, -0.2) is 11.7 Å². The van der Waals surface area contributed by atoms with Gasteiger partial charge in [0.05, 0.1) is 11.7 Å². The molecule has 0 aliphatic heterocycles. The summed E-state index contributed by atoms with van der Waals surface area (Å²) < 4.78 is 5.80. The maximum Gasteiger partial charge on any atom is 0.0602 e. The van der Waals surface area contributed by atoms with E-state index in [0.717, 1.165) is 6.42 Å². The van der Waals surface area contributed by atoms with E-state index in [1.54, 1.807) is 0 Å². The fourth-order valence-corrected chi connectivity index (χ4v) is 1.26. The summed E-state index contributed by atoms with van der Waals surface area (Å²) >= 11 is 0. The second-order valence-electron chi connectivity index (χ2n) is 6.04. The molecular formula is C13H26O. The molecule has 1 nitrogen and oxygen atoms in total. The van der Waals surface area contributed by atoms with Gasteiger partial charge in [0.1, 0.15) is 0 Å². The molecular weight excluding hydrogens is 172 g/mol. The van der Waals surface area contributed by atoms with E-state index in [2.05, 4.69) is 60.6 Å². The van der Waals surface area contributed by atoms with Gasteiger partial charge < -0.3 is 4.74 Å². The highest BCUT2D eigenvalue weighted by Gasteiger charge is 2.14. The second-order valence-corrected chi connectivity index (χ2v) is 6.04. The molecule has 0 N–H and O–H groups in total. The highest BCUT2D eigenvalue weighted by molar-refractivity contribution is 4.93. The van der Waals surface area contributed by atoms with E-state index in [-0.39, 0.29) is 11.0 Å². The van der Waals surface area contributed by atoms with Crippen LogP contribution in [0.15, 0.2) is 12.2 Å². The lowest BCUT2D eigenvalue weighted by Crippen LogP contribution is -2.25. The zero-order valence-corrected chi connectivity index (χ0v) is 10.8. The van der Waals surface area contributed by atoms with Crippen LogP contribution in [0.2, 0.25) is 0 Å². The first-order valence-electron chi connectivity index (χ1n) is 5.46. The molecule has 1 atom stereocenters. The fourth-order valence-electron chi connectivity index (χ4n) is 1.26. The first kappa shape index (κ1) is 13.7. The summed E-state index contributed by atoms with van der Waals surface area (Å²) in [6.07, 6.45) is 5.76. The number of hydrogen-bond acceptors (Lipinski definition) is 1. The van der Waals surface area contributed by atoms with E-state index in [1.807, 2.05) is 0 Å². The molecule has 14 heavy (non-hydrogen) atoms. The molecule has 0 radical (unpaired) electrons. The van der Waals surface area contributed by atoms with Crippen LogP contribution in [0, 0.1) is 5.41 Å². The third-order valence-corrected chi connectivity index (χ3v) is 1.64. The van der Waals surface area contributed by atoms with Crippen molar-refractivity contribution in [3.8, 4) is 0 Å². The van der Waals surface area contributed by atoms with Gasteiger partial charge in [0, 0.05) is 0 Å². The SMILES string of the molecule is C[C@H](CC=CC(C)(C)C)OC(C)(C)C. The quantitative estimate of drug-likeness (QED) is 0.618. The largest absolute Gasteiger partial charge is 0.373 e. The zero-order chi connectivity index (χ0) is 11.4. The van der Waals surface area contributed by atoms with Crippen molar-refractivity contribution < 1.29 is 4.74 Å². The van der Waals surface area contributed by atoms with E-state index < -0.39 is 0 Å². The van der Waals surface area contributed by atoms with Crippen LogP contribution >= 0.6 is 0 Å². The Hall–Kier alpha value is -0.300. The van der Waals surface area contributed by atoms with Gasteiger partial charge in [-0.15, -0.1) is 0 Å². The Labute approximate surface area is 89.5 Å². The molecule has 0 rings (SSSR count). The molecule has 0 bridgehead atoms. The summed E-state index contributed by atoms with van der Waals surface area (Å²) in [5, 5.41) is 0. The molecule has 0 unspecified atom stereocenters. The topological polar surface area (TPSA) is 9.23 Å². The molecule has 1 heteroatoms. The lowest BCUT2D eigenvalue weighted by atomic mass is 9.96. The Balaban J connectivity index is 3.86. The molecule has 0 aromatic rings. The molecule has 84 valence electrons. The number of allylic oxidation sites excluding steroid dienone is 1. The van der Waals surface area contributed by atoms with E-state index in [1.165, 1.54) is 0 Å². The lowest BCUT2D eigenvalue weighted by molar-refractivity contribution is -0.0494. The summed E-state index contributed by atoms with van der Waals surface area (Å²) in [7, 11) is 0. The number of ether oxygens (including phenoxy) is 1. The Morgan fingerprint density at radius 2 is 1.57 bits per heavy atom. The van der Waals surface area contributed by atoms with Crippen LogP contribution in [0.4, 0.5) is 0 Å². The van der Waals surface area contributed by atoms with Gasteiger partial charge in [0.25, 0.3) is 0 Å². The molecule has 0 aliphatic rings. The minimum atomic E-state index is -0.0327. The van der Waals surface area contributed by atoms with Crippen LogP contribution in [0.3, 0.4) is 0 Å². The predicted octanol–water partition coefficient (Wildman–Crippen LogP) is 4.18.